The van der Waals surface area contributed by atoms with E-state index in [0.717, 1.165) is 47.0 Å². The third-order valence-corrected chi connectivity index (χ3v) is 7.23. The molecule has 0 atom stereocenters. The standard InChI is InChI=1S/C28H32N6O3/c1-18-22(20-5-8-30-25(14-20)34-16-28(2,36)17-34)15-24(26(31-18)33-9-11-37-12-10-33)32-27(35)21-6-7-29-23(13-21)19-3-4-19/h5-8,13-15,19,36H,3-4,9-12,16-17H2,1-2H3,(H,32,35). The van der Waals surface area contributed by atoms with E-state index in [9.17, 15) is 9.90 Å². The minimum Gasteiger partial charge on any atom is -0.386 e. The summed E-state index contributed by atoms with van der Waals surface area (Å²) in [7, 11) is 0. The summed E-state index contributed by atoms with van der Waals surface area (Å²) in [6.07, 6.45) is 5.76. The van der Waals surface area contributed by atoms with Crippen molar-refractivity contribution in [3.8, 4) is 11.1 Å². The molecule has 0 aromatic carbocycles. The molecule has 3 aromatic heterocycles. The van der Waals surface area contributed by atoms with E-state index >= 15 is 0 Å². The van der Waals surface area contributed by atoms with E-state index in [-0.39, 0.29) is 5.91 Å². The lowest BCUT2D eigenvalue weighted by Crippen LogP contribution is -2.60. The van der Waals surface area contributed by atoms with Crippen LogP contribution in [-0.4, -0.2) is 71.0 Å². The Kier molecular flexibility index (Phi) is 6.04. The van der Waals surface area contributed by atoms with Crippen molar-refractivity contribution in [3.63, 3.8) is 0 Å². The summed E-state index contributed by atoms with van der Waals surface area (Å²) >= 11 is 0. The first-order valence-electron chi connectivity index (χ1n) is 12.9. The van der Waals surface area contributed by atoms with Crippen LogP contribution < -0.4 is 15.1 Å². The van der Waals surface area contributed by atoms with Gasteiger partial charge in [-0.2, -0.15) is 0 Å². The molecular weight excluding hydrogens is 468 g/mol. The Morgan fingerprint density at radius 3 is 2.57 bits per heavy atom. The SMILES string of the molecule is Cc1nc(N2CCOCC2)c(NC(=O)c2ccnc(C3CC3)c2)cc1-c1ccnc(N2CC(C)(O)C2)c1. The molecule has 2 aliphatic heterocycles. The van der Waals surface area contributed by atoms with Gasteiger partial charge in [0, 0.05) is 67.0 Å². The van der Waals surface area contributed by atoms with Gasteiger partial charge in [-0.15, -0.1) is 0 Å². The average molecular weight is 501 g/mol. The third-order valence-electron chi connectivity index (χ3n) is 7.23. The number of hydrogen-bond acceptors (Lipinski definition) is 8. The fraction of sp³-hybridized carbons (Fsp3) is 0.429. The highest BCUT2D eigenvalue weighted by Gasteiger charge is 2.37. The van der Waals surface area contributed by atoms with Crippen molar-refractivity contribution in [1.29, 1.82) is 0 Å². The van der Waals surface area contributed by atoms with Crippen LogP contribution in [0.1, 0.15) is 47.4 Å². The zero-order chi connectivity index (χ0) is 25.6. The molecule has 192 valence electrons. The molecule has 6 rings (SSSR count). The number of ether oxygens (including phenoxy) is 1. The molecule has 3 fully saturated rings. The lowest BCUT2D eigenvalue weighted by Gasteiger charge is -2.45. The Balaban J connectivity index is 1.34. The Hall–Kier alpha value is -3.56. The summed E-state index contributed by atoms with van der Waals surface area (Å²) in [5, 5.41) is 13.3. The van der Waals surface area contributed by atoms with E-state index in [0.29, 0.717) is 56.6 Å². The number of carbonyl (C=O) groups is 1. The van der Waals surface area contributed by atoms with Crippen molar-refractivity contribution in [3.05, 3.63) is 59.7 Å². The lowest BCUT2D eigenvalue weighted by molar-refractivity contribution is 0.0305. The number of amides is 1. The Labute approximate surface area is 216 Å². The van der Waals surface area contributed by atoms with Crippen LogP contribution in [0.3, 0.4) is 0 Å². The van der Waals surface area contributed by atoms with E-state index in [4.69, 9.17) is 9.72 Å². The van der Waals surface area contributed by atoms with Crippen LogP contribution in [0.5, 0.6) is 0 Å². The van der Waals surface area contributed by atoms with E-state index in [1.54, 1.807) is 18.5 Å². The molecule has 2 N–H and O–H groups in total. The normalized spacial score (nSPS) is 18.9. The van der Waals surface area contributed by atoms with Crippen LogP contribution in [0.4, 0.5) is 17.3 Å². The molecule has 0 bridgehead atoms. The summed E-state index contributed by atoms with van der Waals surface area (Å²) in [5.74, 6) is 1.87. The molecule has 0 spiro atoms. The average Bonchev–Trinajstić information content (AvgIpc) is 3.74. The molecule has 1 aliphatic carbocycles. The number of nitrogens with one attached hydrogen (secondary N) is 1. The summed E-state index contributed by atoms with van der Waals surface area (Å²) < 4.78 is 5.55. The minimum absolute atomic E-state index is 0.173. The monoisotopic (exact) mass is 500 g/mol. The molecule has 37 heavy (non-hydrogen) atoms. The van der Waals surface area contributed by atoms with Crippen molar-refractivity contribution in [1.82, 2.24) is 15.0 Å². The molecule has 0 radical (unpaired) electrons. The number of carbonyl (C=O) groups excluding carboxylic acids is 1. The van der Waals surface area contributed by atoms with Gasteiger partial charge in [0.2, 0.25) is 0 Å². The number of nitrogens with zero attached hydrogens (tertiary/aromatic N) is 5. The van der Waals surface area contributed by atoms with Gasteiger partial charge in [0.15, 0.2) is 5.82 Å². The van der Waals surface area contributed by atoms with Crippen LogP contribution in [0.15, 0.2) is 42.7 Å². The first kappa shape index (κ1) is 23.8. The number of pyridine rings is 3. The van der Waals surface area contributed by atoms with Crippen molar-refractivity contribution >= 4 is 23.2 Å². The van der Waals surface area contributed by atoms with Crippen molar-refractivity contribution in [2.45, 2.75) is 38.2 Å². The van der Waals surface area contributed by atoms with Gasteiger partial charge in [-0.3, -0.25) is 9.78 Å². The smallest absolute Gasteiger partial charge is 0.255 e. The Morgan fingerprint density at radius 1 is 1.08 bits per heavy atom. The summed E-state index contributed by atoms with van der Waals surface area (Å²) in [6, 6.07) is 9.65. The number of anilines is 3. The van der Waals surface area contributed by atoms with E-state index < -0.39 is 5.60 Å². The number of rotatable bonds is 6. The number of β-amino-alcohol motifs (C(OH)–C–C–N with tert-alkyl or cyclic N) is 1. The lowest BCUT2D eigenvalue weighted by atomic mass is 9.96. The maximum atomic E-state index is 13.4. The highest BCUT2D eigenvalue weighted by molar-refractivity contribution is 6.06. The highest BCUT2D eigenvalue weighted by atomic mass is 16.5. The van der Waals surface area contributed by atoms with Crippen molar-refractivity contribution in [2.24, 2.45) is 0 Å². The summed E-state index contributed by atoms with van der Waals surface area (Å²) in [4.78, 5) is 31.5. The van der Waals surface area contributed by atoms with Crippen LogP contribution in [0, 0.1) is 6.92 Å². The number of aromatic nitrogens is 3. The first-order valence-corrected chi connectivity index (χ1v) is 12.9. The fourth-order valence-electron chi connectivity index (χ4n) is 5.08. The molecule has 0 unspecified atom stereocenters. The zero-order valence-corrected chi connectivity index (χ0v) is 21.3. The molecule has 1 saturated carbocycles. The van der Waals surface area contributed by atoms with Crippen LogP contribution in [0.2, 0.25) is 0 Å². The molecule has 3 aliphatic rings. The van der Waals surface area contributed by atoms with Crippen molar-refractivity contribution in [2.75, 3.05) is 54.5 Å². The van der Waals surface area contributed by atoms with Gasteiger partial charge < -0.3 is 25.0 Å². The summed E-state index contributed by atoms with van der Waals surface area (Å²) in [5.41, 5.74) is 4.33. The minimum atomic E-state index is -0.682. The van der Waals surface area contributed by atoms with Gasteiger partial charge in [-0.05, 0) is 62.6 Å². The van der Waals surface area contributed by atoms with Gasteiger partial charge in [-0.25, -0.2) is 9.97 Å². The second kappa shape index (κ2) is 9.39. The quantitative estimate of drug-likeness (QED) is 0.531. The number of hydrogen-bond donors (Lipinski definition) is 2. The van der Waals surface area contributed by atoms with E-state index in [1.807, 2.05) is 38.1 Å². The van der Waals surface area contributed by atoms with E-state index in [2.05, 4.69) is 25.1 Å². The van der Waals surface area contributed by atoms with Crippen LogP contribution in [-0.2, 0) is 4.74 Å². The third kappa shape index (κ3) is 5.01. The molecule has 2 saturated heterocycles. The second-order valence-corrected chi connectivity index (χ2v) is 10.5. The Bertz CT molecular complexity index is 1330. The topological polar surface area (TPSA) is 104 Å². The fourth-order valence-corrected chi connectivity index (χ4v) is 5.08. The second-order valence-electron chi connectivity index (χ2n) is 10.5. The molecule has 9 nitrogen and oxygen atoms in total. The first-order chi connectivity index (χ1) is 17.9. The summed E-state index contributed by atoms with van der Waals surface area (Å²) in [6.45, 7) is 7.59. The number of aryl methyl sites for hydroxylation is 1. The maximum Gasteiger partial charge on any atom is 0.255 e. The van der Waals surface area contributed by atoms with Gasteiger partial charge in [0.05, 0.1) is 24.5 Å². The Morgan fingerprint density at radius 2 is 1.84 bits per heavy atom. The number of aliphatic hydroxyl groups is 1. The maximum absolute atomic E-state index is 13.4. The van der Waals surface area contributed by atoms with Gasteiger partial charge in [0.1, 0.15) is 5.82 Å². The molecule has 9 heteroatoms. The predicted octanol–water partition coefficient (Wildman–Crippen LogP) is 3.38. The van der Waals surface area contributed by atoms with Crippen molar-refractivity contribution < 1.29 is 14.6 Å². The number of morpholine rings is 1. The predicted molar refractivity (Wildman–Crippen MR) is 142 cm³/mol. The van der Waals surface area contributed by atoms with Crippen LogP contribution >= 0.6 is 0 Å². The zero-order valence-electron chi connectivity index (χ0n) is 21.3. The largest absolute Gasteiger partial charge is 0.386 e. The van der Waals surface area contributed by atoms with Gasteiger partial charge >= 0.3 is 0 Å². The molecule has 5 heterocycles. The molecule has 1 amide bonds. The van der Waals surface area contributed by atoms with Gasteiger partial charge in [0.25, 0.3) is 5.91 Å². The molecule has 3 aromatic rings. The van der Waals surface area contributed by atoms with Crippen LogP contribution in [0.25, 0.3) is 11.1 Å². The highest BCUT2D eigenvalue weighted by Crippen LogP contribution is 2.39. The molecular formula is C28H32N6O3. The van der Waals surface area contributed by atoms with E-state index in [1.165, 1.54) is 0 Å². The van der Waals surface area contributed by atoms with Gasteiger partial charge in [-0.1, -0.05) is 0 Å².